The predicted molar refractivity (Wildman–Crippen MR) is 174 cm³/mol. The number of nitrogens with one attached hydrogen (secondary N) is 4. The lowest BCUT2D eigenvalue weighted by molar-refractivity contribution is -0.104. The van der Waals surface area contributed by atoms with Crippen LogP contribution in [0.25, 0.3) is 24.3 Å². The third-order valence-corrected chi connectivity index (χ3v) is 9.32. The Labute approximate surface area is 249 Å². The molecule has 8 bridgehead atoms. The number of aromatic amines is 3. The molecule has 5 N–H and O–H groups in total. The van der Waals surface area contributed by atoms with Crippen LogP contribution in [0.4, 0.5) is 0 Å². The number of hydrogen-bond acceptors (Lipinski definition) is 3. The van der Waals surface area contributed by atoms with Crippen molar-refractivity contribution in [2.75, 3.05) is 0 Å². The summed E-state index contributed by atoms with van der Waals surface area (Å²) in [6.45, 7) is 15.2. The van der Waals surface area contributed by atoms with Crippen molar-refractivity contribution in [2.45, 2.75) is 99.0 Å². The van der Waals surface area contributed by atoms with Gasteiger partial charge in [0.2, 0.25) is 0 Å². The number of carbonyl (C=O) groups excluding carboxylic acids is 1. The van der Waals surface area contributed by atoms with E-state index in [1.807, 2.05) is 6.92 Å². The summed E-state index contributed by atoms with van der Waals surface area (Å²) in [5, 5.41) is 17.9. The molecule has 3 aromatic heterocycles. The molecule has 0 saturated carbocycles. The number of aliphatic hydroxyl groups is 1. The number of hydrogen-bond donors (Lipinski definition) is 5. The van der Waals surface area contributed by atoms with Crippen molar-refractivity contribution >= 4 is 30.6 Å². The van der Waals surface area contributed by atoms with Gasteiger partial charge in [0.25, 0.3) is 0 Å². The summed E-state index contributed by atoms with van der Waals surface area (Å²) in [5.74, 6) is 0. The van der Waals surface area contributed by atoms with Crippen molar-refractivity contribution in [3.05, 3.63) is 89.9 Å². The van der Waals surface area contributed by atoms with Crippen LogP contribution in [-0.2, 0) is 43.3 Å². The van der Waals surface area contributed by atoms with E-state index >= 15 is 0 Å². The van der Waals surface area contributed by atoms with E-state index in [0.29, 0.717) is 17.7 Å². The first-order chi connectivity index (χ1) is 20.3. The van der Waals surface area contributed by atoms with Gasteiger partial charge < -0.3 is 25.4 Å². The Morgan fingerprint density at radius 3 is 1.45 bits per heavy atom. The molecule has 1 saturated heterocycles. The highest BCUT2D eigenvalue weighted by Gasteiger charge is 2.43. The van der Waals surface area contributed by atoms with Crippen LogP contribution in [0, 0.1) is 0 Å². The summed E-state index contributed by atoms with van der Waals surface area (Å²) in [4.78, 5) is 23.1. The van der Waals surface area contributed by atoms with Crippen molar-refractivity contribution < 1.29 is 9.90 Å². The summed E-state index contributed by atoms with van der Waals surface area (Å²) in [5.41, 5.74) is 12.7. The van der Waals surface area contributed by atoms with Crippen LogP contribution in [0.15, 0.2) is 23.0 Å². The zero-order valence-corrected chi connectivity index (χ0v) is 26.3. The van der Waals surface area contributed by atoms with Gasteiger partial charge in [0, 0.05) is 44.7 Å². The molecule has 222 valence electrons. The highest BCUT2D eigenvalue weighted by atomic mass is 16.3. The zero-order chi connectivity index (χ0) is 30.2. The van der Waals surface area contributed by atoms with Gasteiger partial charge in [0.05, 0.1) is 5.70 Å². The van der Waals surface area contributed by atoms with Gasteiger partial charge in [-0.3, -0.25) is 4.79 Å². The molecule has 5 heterocycles. The molecule has 1 fully saturated rings. The lowest BCUT2D eigenvalue weighted by Crippen LogP contribution is -2.29. The second-order valence-electron chi connectivity index (χ2n) is 11.3. The molecular weight excluding hydrogens is 520 g/mol. The Kier molecular flexibility index (Phi) is 8.38. The second-order valence-corrected chi connectivity index (χ2v) is 11.3. The largest absolute Gasteiger partial charge is 0.379 e. The number of aldehydes is 1. The fraction of sp³-hybridized carbons (Fsp3) is 0.417. The Bertz CT molecular complexity index is 1740. The monoisotopic (exact) mass is 566 g/mol. The Morgan fingerprint density at radius 2 is 1.05 bits per heavy atom. The number of rotatable bonds is 8. The maximum atomic E-state index is 12.1. The van der Waals surface area contributed by atoms with E-state index in [2.05, 4.69) is 86.1 Å². The lowest BCUT2D eigenvalue weighted by Gasteiger charge is -2.23. The van der Waals surface area contributed by atoms with Gasteiger partial charge in [-0.1, -0.05) is 48.5 Å². The molecule has 2 aliphatic heterocycles. The topological polar surface area (TPSA) is 96.7 Å². The molecule has 6 nitrogen and oxygen atoms in total. The summed E-state index contributed by atoms with van der Waals surface area (Å²) in [6, 6.07) is 0. The molecule has 1 unspecified atom stereocenters. The fourth-order valence-corrected chi connectivity index (χ4v) is 7.23. The molecular formula is C36H46N4O2. The van der Waals surface area contributed by atoms with Crippen LogP contribution in [-0.4, -0.2) is 31.9 Å². The van der Waals surface area contributed by atoms with Crippen molar-refractivity contribution in [2.24, 2.45) is 0 Å². The van der Waals surface area contributed by atoms with Gasteiger partial charge in [-0.25, -0.2) is 0 Å². The molecule has 6 heteroatoms. The molecule has 0 spiro atoms. The molecule has 2 aliphatic rings. The lowest BCUT2D eigenvalue weighted by atomic mass is 9.88. The maximum absolute atomic E-state index is 12.1. The highest BCUT2D eigenvalue weighted by molar-refractivity contribution is 5.78. The number of H-pyrrole nitrogens is 3. The van der Waals surface area contributed by atoms with Crippen molar-refractivity contribution in [1.82, 2.24) is 20.3 Å². The number of carbonyl (C=O) groups is 1. The first-order valence-corrected chi connectivity index (χ1v) is 15.8. The summed E-state index contributed by atoms with van der Waals surface area (Å²) in [7, 11) is 0. The average molecular weight is 567 g/mol. The molecule has 3 aromatic rings. The summed E-state index contributed by atoms with van der Waals surface area (Å²) >= 11 is 0. The third-order valence-electron chi connectivity index (χ3n) is 9.32. The van der Waals surface area contributed by atoms with E-state index in [-0.39, 0.29) is 0 Å². The Hall–Kier alpha value is -3.77. The molecule has 1 atom stereocenters. The maximum Gasteiger partial charge on any atom is 0.143 e. The second kappa shape index (κ2) is 11.8. The Balaban J connectivity index is 1.96. The van der Waals surface area contributed by atoms with Gasteiger partial charge in [0.1, 0.15) is 11.9 Å². The van der Waals surface area contributed by atoms with Crippen LogP contribution in [0.3, 0.4) is 0 Å². The van der Waals surface area contributed by atoms with E-state index in [1.54, 1.807) is 0 Å². The number of fused-ring (bicyclic) bond motifs is 8. The predicted octanol–water partition coefficient (Wildman–Crippen LogP) is 5.27. The van der Waals surface area contributed by atoms with Gasteiger partial charge in [-0.15, -0.1) is 0 Å². The standard InChI is InChI=1S/C36H46N4O2/c1-8-21-22(9-2)29-18-31-25(12-5)26(13-6)33(39-31)20-35-36(42,14-7)27(15-16-41)34(40-35)19-32-24(11-4)23(10-3)30(38-32)17-28(21)37-29/h15-20,37-40,42H,8-14H2,1-7H3/b27-15?,28-17-,29-18-,34-19-,35-20-. The fourth-order valence-electron chi connectivity index (χ4n) is 7.23. The molecule has 42 heavy (non-hydrogen) atoms. The SMILES string of the molecule is CCc1c2[nH]c(c1CC)/C=c1\[nH]/c(c(CC)c1CC)=C\c1[nH]c(c(CC)c1CC)/C=C1\N/C(=C\2)C(=CC=O)C1(O)CC. The van der Waals surface area contributed by atoms with E-state index in [4.69, 9.17) is 0 Å². The summed E-state index contributed by atoms with van der Waals surface area (Å²) < 4.78 is 0. The van der Waals surface area contributed by atoms with Gasteiger partial charge in [-0.05, 0) is 109 Å². The number of allylic oxidation sites excluding steroid dienone is 1. The first-order valence-electron chi connectivity index (χ1n) is 15.8. The van der Waals surface area contributed by atoms with E-state index in [0.717, 1.165) is 84.0 Å². The molecule has 0 radical (unpaired) electrons. The van der Waals surface area contributed by atoms with Crippen molar-refractivity contribution in [1.29, 1.82) is 0 Å². The quantitative estimate of drug-likeness (QED) is 0.190. The minimum Gasteiger partial charge on any atom is -0.379 e. The van der Waals surface area contributed by atoms with Crippen LogP contribution in [0.5, 0.6) is 0 Å². The van der Waals surface area contributed by atoms with Crippen molar-refractivity contribution in [3.8, 4) is 0 Å². The molecule has 0 aliphatic carbocycles. The van der Waals surface area contributed by atoms with Crippen LogP contribution >= 0.6 is 0 Å². The van der Waals surface area contributed by atoms with Gasteiger partial charge >= 0.3 is 0 Å². The van der Waals surface area contributed by atoms with Gasteiger partial charge in [0.15, 0.2) is 0 Å². The van der Waals surface area contributed by atoms with E-state index in [1.165, 1.54) is 39.5 Å². The third kappa shape index (κ3) is 4.66. The first kappa shape index (κ1) is 29.7. The van der Waals surface area contributed by atoms with Gasteiger partial charge in [-0.2, -0.15) is 0 Å². The van der Waals surface area contributed by atoms with Crippen LogP contribution < -0.4 is 16.0 Å². The molecule has 5 rings (SSSR count). The van der Waals surface area contributed by atoms with Crippen LogP contribution in [0.2, 0.25) is 0 Å². The summed E-state index contributed by atoms with van der Waals surface area (Å²) in [6.07, 6.45) is 16.8. The number of aromatic nitrogens is 3. The molecule has 0 aromatic carbocycles. The molecule has 0 amide bonds. The van der Waals surface area contributed by atoms with E-state index < -0.39 is 5.60 Å². The average Bonchev–Trinajstić information content (AvgIpc) is 3.68. The van der Waals surface area contributed by atoms with Crippen molar-refractivity contribution in [3.63, 3.8) is 0 Å². The zero-order valence-electron chi connectivity index (χ0n) is 26.3. The minimum atomic E-state index is -1.31. The van der Waals surface area contributed by atoms with Crippen LogP contribution in [0.1, 0.15) is 111 Å². The normalized spacial score (nSPS) is 22.9. The van der Waals surface area contributed by atoms with E-state index in [9.17, 15) is 9.90 Å². The Morgan fingerprint density at radius 1 is 0.619 bits per heavy atom. The minimum absolute atomic E-state index is 0.430. The smallest absolute Gasteiger partial charge is 0.143 e. The highest BCUT2D eigenvalue weighted by Crippen LogP contribution is 2.41.